The highest BCUT2D eigenvalue weighted by Crippen LogP contribution is 2.40. The van der Waals surface area contributed by atoms with Crippen LogP contribution in [0.2, 0.25) is 0 Å². The highest BCUT2D eigenvalue weighted by atomic mass is 19.1. The Kier molecular flexibility index (Phi) is 6.02. The van der Waals surface area contributed by atoms with Crippen LogP contribution >= 0.6 is 0 Å². The normalized spacial score (nSPS) is 23.0. The zero-order valence-electron chi connectivity index (χ0n) is 17.1. The summed E-state index contributed by atoms with van der Waals surface area (Å²) in [6.07, 6.45) is 3.38. The summed E-state index contributed by atoms with van der Waals surface area (Å²) in [7, 11) is 1.44. The lowest BCUT2D eigenvalue weighted by Crippen LogP contribution is -2.55. The van der Waals surface area contributed by atoms with Crippen LogP contribution in [0.4, 0.5) is 9.18 Å². The molecule has 0 radical (unpaired) electrons. The van der Waals surface area contributed by atoms with Crippen LogP contribution in [0.3, 0.4) is 0 Å². The van der Waals surface area contributed by atoms with Crippen molar-refractivity contribution in [3.8, 4) is 5.75 Å². The fraction of sp³-hybridized carbons (Fsp3) is 0.417. The van der Waals surface area contributed by atoms with Gasteiger partial charge in [-0.2, -0.15) is 0 Å². The second kappa shape index (κ2) is 8.86. The average molecular weight is 411 g/mol. The molecule has 0 saturated carbocycles. The maximum absolute atomic E-state index is 14.4. The van der Waals surface area contributed by atoms with E-state index in [4.69, 9.17) is 9.47 Å². The number of carbonyl (C=O) groups excluding carboxylic acids is 2. The van der Waals surface area contributed by atoms with Crippen molar-refractivity contribution in [1.82, 2.24) is 4.90 Å². The zero-order chi connectivity index (χ0) is 21.1. The molecule has 1 amide bonds. The molecule has 2 heterocycles. The van der Waals surface area contributed by atoms with Gasteiger partial charge in [0.25, 0.3) is 0 Å². The molecule has 2 aliphatic rings. The quantitative estimate of drug-likeness (QED) is 0.651. The second-order valence-electron chi connectivity index (χ2n) is 8.04. The van der Waals surface area contributed by atoms with Crippen LogP contribution in [0, 0.1) is 11.7 Å². The van der Waals surface area contributed by atoms with Crippen LogP contribution in [-0.2, 0) is 11.3 Å². The van der Waals surface area contributed by atoms with Gasteiger partial charge in [0.2, 0.25) is 0 Å². The molecule has 0 N–H and O–H groups in total. The van der Waals surface area contributed by atoms with E-state index in [1.807, 2.05) is 35.2 Å². The SMILES string of the molecule is COc1cccc(F)c1C(=O)C1CC2CCCC(C1)N2C(=O)OCc1ccccc1. The van der Waals surface area contributed by atoms with E-state index in [0.717, 1.165) is 24.8 Å². The lowest BCUT2D eigenvalue weighted by atomic mass is 9.75. The van der Waals surface area contributed by atoms with Gasteiger partial charge in [0.05, 0.1) is 12.7 Å². The van der Waals surface area contributed by atoms with Crippen molar-refractivity contribution in [1.29, 1.82) is 0 Å². The summed E-state index contributed by atoms with van der Waals surface area (Å²) in [6, 6.07) is 13.9. The molecule has 0 spiro atoms. The number of amides is 1. The molecule has 4 rings (SSSR count). The summed E-state index contributed by atoms with van der Waals surface area (Å²) >= 11 is 0. The second-order valence-corrected chi connectivity index (χ2v) is 8.04. The Hall–Kier alpha value is -2.89. The van der Waals surface area contributed by atoms with Gasteiger partial charge in [0.1, 0.15) is 18.2 Å². The van der Waals surface area contributed by atoms with Crippen molar-refractivity contribution in [3.05, 3.63) is 65.5 Å². The molecule has 2 aromatic carbocycles. The zero-order valence-corrected chi connectivity index (χ0v) is 17.1. The van der Waals surface area contributed by atoms with Crippen molar-refractivity contribution in [2.75, 3.05) is 7.11 Å². The highest BCUT2D eigenvalue weighted by Gasteiger charge is 2.44. The van der Waals surface area contributed by atoms with Crippen LogP contribution in [0.1, 0.15) is 48.0 Å². The summed E-state index contributed by atoms with van der Waals surface area (Å²) in [6.45, 7) is 0.227. The van der Waals surface area contributed by atoms with Crippen LogP contribution in [-0.4, -0.2) is 36.0 Å². The number of ether oxygens (including phenoxy) is 2. The van der Waals surface area contributed by atoms with Gasteiger partial charge in [-0.25, -0.2) is 9.18 Å². The van der Waals surface area contributed by atoms with E-state index in [1.54, 1.807) is 6.07 Å². The minimum atomic E-state index is -0.561. The average Bonchev–Trinajstić information content (AvgIpc) is 2.76. The van der Waals surface area contributed by atoms with E-state index >= 15 is 0 Å². The highest BCUT2D eigenvalue weighted by molar-refractivity contribution is 6.00. The Morgan fingerprint density at radius 3 is 2.40 bits per heavy atom. The predicted molar refractivity (Wildman–Crippen MR) is 110 cm³/mol. The molecule has 0 aliphatic carbocycles. The minimum Gasteiger partial charge on any atom is -0.496 e. The van der Waals surface area contributed by atoms with Crippen LogP contribution in [0.5, 0.6) is 5.75 Å². The van der Waals surface area contributed by atoms with E-state index in [1.165, 1.54) is 19.2 Å². The Bertz CT molecular complexity index is 903. The third-order valence-corrected chi connectivity index (χ3v) is 6.20. The monoisotopic (exact) mass is 411 g/mol. The van der Waals surface area contributed by atoms with Gasteiger partial charge in [0.15, 0.2) is 5.78 Å². The van der Waals surface area contributed by atoms with E-state index in [-0.39, 0.29) is 47.8 Å². The van der Waals surface area contributed by atoms with Crippen LogP contribution in [0.15, 0.2) is 48.5 Å². The Balaban J connectivity index is 1.47. The standard InChI is InChI=1S/C24H26FNO4/c1-29-21-12-6-11-20(25)22(21)23(27)17-13-18-9-5-10-19(14-17)26(18)24(28)30-15-16-7-3-2-4-8-16/h2-4,6-8,11-12,17-19H,5,9-10,13-15H2,1H3. The van der Waals surface area contributed by atoms with Gasteiger partial charge < -0.3 is 14.4 Å². The predicted octanol–water partition coefficient (Wildman–Crippen LogP) is 4.99. The summed E-state index contributed by atoms with van der Waals surface area (Å²) in [5.41, 5.74) is 0.955. The first kappa shape index (κ1) is 20.4. The maximum Gasteiger partial charge on any atom is 0.410 e. The Morgan fingerprint density at radius 2 is 1.73 bits per heavy atom. The Labute approximate surface area is 175 Å². The number of piperidine rings is 2. The first-order valence-corrected chi connectivity index (χ1v) is 10.4. The summed E-state index contributed by atoms with van der Waals surface area (Å²) in [4.78, 5) is 27.8. The first-order chi connectivity index (χ1) is 14.6. The number of hydrogen-bond donors (Lipinski definition) is 0. The van der Waals surface area contributed by atoms with Gasteiger partial charge in [-0.1, -0.05) is 36.4 Å². The van der Waals surface area contributed by atoms with Crippen molar-refractivity contribution < 1.29 is 23.5 Å². The molecule has 158 valence electrons. The molecule has 2 fully saturated rings. The number of nitrogens with zero attached hydrogens (tertiary/aromatic N) is 1. The van der Waals surface area contributed by atoms with E-state index in [0.29, 0.717) is 12.8 Å². The molecular formula is C24H26FNO4. The third kappa shape index (κ3) is 4.04. The third-order valence-electron chi connectivity index (χ3n) is 6.20. The van der Waals surface area contributed by atoms with Crippen molar-refractivity contribution in [2.45, 2.75) is 50.8 Å². The summed E-state index contributed by atoms with van der Waals surface area (Å²) in [5.74, 6) is -0.868. The minimum absolute atomic E-state index is 0.0168. The Morgan fingerprint density at radius 1 is 1.03 bits per heavy atom. The number of rotatable bonds is 5. The fourth-order valence-corrected chi connectivity index (χ4v) is 4.81. The number of hydrogen-bond acceptors (Lipinski definition) is 4. The first-order valence-electron chi connectivity index (χ1n) is 10.4. The number of carbonyl (C=O) groups is 2. The van der Waals surface area contributed by atoms with Gasteiger partial charge in [-0.3, -0.25) is 4.79 Å². The number of halogens is 1. The maximum atomic E-state index is 14.4. The molecule has 2 atom stereocenters. The molecule has 5 nitrogen and oxygen atoms in total. The van der Waals surface area contributed by atoms with E-state index in [2.05, 4.69) is 0 Å². The molecular weight excluding hydrogens is 385 g/mol. The number of fused-ring (bicyclic) bond motifs is 2. The lowest BCUT2D eigenvalue weighted by molar-refractivity contribution is 0.00458. The van der Waals surface area contributed by atoms with E-state index in [9.17, 15) is 14.0 Å². The van der Waals surface area contributed by atoms with Crippen molar-refractivity contribution >= 4 is 11.9 Å². The molecule has 6 heteroatoms. The molecule has 0 aromatic heterocycles. The molecule has 2 unspecified atom stereocenters. The smallest absolute Gasteiger partial charge is 0.410 e. The molecule has 30 heavy (non-hydrogen) atoms. The number of methoxy groups -OCH3 is 1. The molecule has 2 bridgehead atoms. The van der Waals surface area contributed by atoms with Gasteiger partial charge >= 0.3 is 6.09 Å². The summed E-state index contributed by atoms with van der Waals surface area (Å²) in [5, 5.41) is 0. The molecule has 2 saturated heterocycles. The van der Waals surface area contributed by atoms with Crippen LogP contribution in [0.25, 0.3) is 0 Å². The largest absolute Gasteiger partial charge is 0.496 e. The summed E-state index contributed by atoms with van der Waals surface area (Å²) < 4.78 is 25.2. The van der Waals surface area contributed by atoms with Gasteiger partial charge in [-0.05, 0) is 49.8 Å². The van der Waals surface area contributed by atoms with Gasteiger partial charge in [-0.15, -0.1) is 0 Å². The number of benzene rings is 2. The number of ketones is 1. The topological polar surface area (TPSA) is 55.8 Å². The lowest BCUT2D eigenvalue weighted by Gasteiger charge is -2.47. The van der Waals surface area contributed by atoms with E-state index < -0.39 is 5.82 Å². The van der Waals surface area contributed by atoms with Crippen molar-refractivity contribution in [3.63, 3.8) is 0 Å². The molecule has 2 aromatic rings. The fourth-order valence-electron chi connectivity index (χ4n) is 4.81. The van der Waals surface area contributed by atoms with Gasteiger partial charge in [0, 0.05) is 18.0 Å². The van der Waals surface area contributed by atoms with Crippen LogP contribution < -0.4 is 4.74 Å². The van der Waals surface area contributed by atoms with Crippen molar-refractivity contribution in [2.24, 2.45) is 5.92 Å². The molecule has 2 aliphatic heterocycles. The number of Topliss-reactive ketones (excluding diaryl/α,β-unsaturated/α-hetero) is 1.